The minimum Gasteiger partial charge on any atom is -0.326 e. The molecule has 1 aromatic heterocycles. The molecule has 0 fully saturated rings. The van der Waals surface area contributed by atoms with E-state index in [9.17, 15) is 9.59 Å². The number of halogens is 1. The minimum atomic E-state index is -1.44. The number of hydrogen-bond acceptors (Lipinski definition) is 6. The third-order valence-corrected chi connectivity index (χ3v) is 5.57. The summed E-state index contributed by atoms with van der Waals surface area (Å²) in [7, 11) is 0. The lowest BCUT2D eigenvalue weighted by Crippen LogP contribution is -2.52. The summed E-state index contributed by atoms with van der Waals surface area (Å²) in [5.41, 5.74) is 0.517. The van der Waals surface area contributed by atoms with Crippen LogP contribution in [0.1, 0.15) is 32.3 Å². The van der Waals surface area contributed by atoms with E-state index < -0.39 is 5.54 Å². The number of para-hydroxylation sites is 1. The van der Waals surface area contributed by atoms with E-state index in [1.54, 1.807) is 18.2 Å². The predicted octanol–water partition coefficient (Wildman–Crippen LogP) is 2.09. The standard InChI is InChI=1S/C17H15ClN6O2/c1-16(2)6-10-12(11(25)7-16)17(24-15(19-10)21-22-23-24)8-4-3-5-9(18)13(8)20-14(17)26/h3-5H,6-7H2,1-2H3,(H,20,26)(H,19,21,23). The Morgan fingerprint density at radius 1 is 1.19 bits per heavy atom. The number of amides is 1. The zero-order valence-electron chi connectivity index (χ0n) is 14.1. The highest BCUT2D eigenvalue weighted by Crippen LogP contribution is 2.53. The highest BCUT2D eigenvalue weighted by Gasteiger charge is 2.60. The minimum absolute atomic E-state index is 0.0899. The van der Waals surface area contributed by atoms with Gasteiger partial charge in [-0.05, 0) is 28.3 Å². The Bertz CT molecular complexity index is 1040. The van der Waals surface area contributed by atoms with Crippen molar-refractivity contribution in [2.45, 2.75) is 32.2 Å². The Labute approximate surface area is 153 Å². The molecule has 1 aromatic carbocycles. The first-order chi connectivity index (χ1) is 12.3. The first-order valence-corrected chi connectivity index (χ1v) is 8.65. The van der Waals surface area contributed by atoms with Crippen LogP contribution >= 0.6 is 11.6 Å². The maximum atomic E-state index is 13.3. The molecule has 3 heterocycles. The molecule has 0 saturated carbocycles. The lowest BCUT2D eigenvalue weighted by molar-refractivity contribution is -0.125. The van der Waals surface area contributed by atoms with Crippen molar-refractivity contribution in [3.8, 4) is 0 Å². The molecule has 0 bridgehead atoms. The SMILES string of the molecule is CC1(C)CC(=O)C2=C(C1)Nc1nnnn1C21C(=O)Nc2c(Cl)cccc21. The van der Waals surface area contributed by atoms with Crippen LogP contribution in [-0.4, -0.2) is 31.9 Å². The number of tetrazole rings is 1. The van der Waals surface area contributed by atoms with E-state index in [-0.39, 0.29) is 17.1 Å². The molecular formula is C17H15ClN6O2. The van der Waals surface area contributed by atoms with E-state index in [1.807, 2.05) is 13.8 Å². The van der Waals surface area contributed by atoms with Gasteiger partial charge in [-0.15, -0.1) is 0 Å². The summed E-state index contributed by atoms with van der Waals surface area (Å²) >= 11 is 6.30. The second kappa shape index (κ2) is 4.70. The number of anilines is 2. The second-order valence-electron chi connectivity index (χ2n) is 7.66. The number of benzene rings is 1. The summed E-state index contributed by atoms with van der Waals surface area (Å²) in [6, 6.07) is 5.24. The van der Waals surface area contributed by atoms with Gasteiger partial charge in [0.15, 0.2) is 5.78 Å². The molecule has 2 aromatic rings. The molecule has 1 spiro atoms. The molecule has 2 N–H and O–H groups in total. The van der Waals surface area contributed by atoms with E-state index in [4.69, 9.17) is 11.6 Å². The van der Waals surface area contributed by atoms with E-state index in [1.165, 1.54) is 4.68 Å². The number of carbonyl (C=O) groups excluding carboxylic acids is 2. The number of rotatable bonds is 0. The van der Waals surface area contributed by atoms with Crippen LogP contribution in [0.25, 0.3) is 0 Å². The Morgan fingerprint density at radius 3 is 2.81 bits per heavy atom. The number of allylic oxidation sites excluding steroid dienone is 1. The number of nitrogens with one attached hydrogen (secondary N) is 2. The van der Waals surface area contributed by atoms with Gasteiger partial charge in [-0.2, -0.15) is 4.68 Å². The van der Waals surface area contributed by atoms with Crippen LogP contribution in [-0.2, 0) is 15.1 Å². The molecule has 1 aliphatic carbocycles. The van der Waals surface area contributed by atoms with Gasteiger partial charge >= 0.3 is 0 Å². The van der Waals surface area contributed by atoms with Gasteiger partial charge < -0.3 is 10.6 Å². The normalized spacial score (nSPS) is 25.5. The third kappa shape index (κ3) is 1.72. The number of hydrogen-bond donors (Lipinski definition) is 2. The van der Waals surface area contributed by atoms with Gasteiger partial charge in [-0.1, -0.05) is 42.7 Å². The van der Waals surface area contributed by atoms with Crippen LogP contribution in [0.3, 0.4) is 0 Å². The third-order valence-electron chi connectivity index (χ3n) is 5.26. The Kier molecular flexibility index (Phi) is 2.80. The molecule has 0 radical (unpaired) electrons. The highest BCUT2D eigenvalue weighted by atomic mass is 35.5. The van der Waals surface area contributed by atoms with Gasteiger partial charge in [-0.3, -0.25) is 9.59 Å². The van der Waals surface area contributed by atoms with E-state index in [0.29, 0.717) is 46.3 Å². The van der Waals surface area contributed by atoms with Gasteiger partial charge in [0.05, 0.1) is 16.3 Å². The molecule has 1 amide bonds. The summed E-state index contributed by atoms with van der Waals surface area (Å²) in [5, 5.41) is 18.2. The van der Waals surface area contributed by atoms with Gasteiger partial charge in [0.2, 0.25) is 11.5 Å². The topological polar surface area (TPSA) is 102 Å². The van der Waals surface area contributed by atoms with Crippen molar-refractivity contribution in [3.05, 3.63) is 40.1 Å². The monoisotopic (exact) mass is 370 g/mol. The van der Waals surface area contributed by atoms with Crippen molar-refractivity contribution in [3.63, 3.8) is 0 Å². The Hall–Kier alpha value is -2.74. The number of fused-ring (bicyclic) bond motifs is 5. The van der Waals surface area contributed by atoms with Crippen molar-refractivity contribution < 1.29 is 9.59 Å². The summed E-state index contributed by atoms with van der Waals surface area (Å²) in [6.45, 7) is 4.06. The molecule has 0 saturated heterocycles. The number of carbonyl (C=O) groups is 2. The van der Waals surface area contributed by atoms with Gasteiger partial charge in [-0.25, -0.2) is 0 Å². The fraction of sp³-hybridized carbons (Fsp3) is 0.353. The average molecular weight is 371 g/mol. The largest absolute Gasteiger partial charge is 0.326 e. The number of aromatic nitrogens is 4. The number of ketones is 1. The van der Waals surface area contributed by atoms with E-state index >= 15 is 0 Å². The smallest absolute Gasteiger partial charge is 0.262 e. The van der Waals surface area contributed by atoms with Gasteiger partial charge in [0, 0.05) is 17.7 Å². The molecule has 1 atom stereocenters. The fourth-order valence-corrected chi connectivity index (χ4v) is 4.54. The van der Waals surface area contributed by atoms with Crippen molar-refractivity contribution in [1.29, 1.82) is 0 Å². The zero-order valence-corrected chi connectivity index (χ0v) is 14.9. The summed E-state index contributed by atoms with van der Waals surface area (Å²) in [5.74, 6) is -0.138. The van der Waals surface area contributed by atoms with Crippen molar-refractivity contribution in [1.82, 2.24) is 20.2 Å². The molecule has 26 heavy (non-hydrogen) atoms. The molecule has 2 aliphatic heterocycles. The lowest BCUT2D eigenvalue weighted by Gasteiger charge is -2.41. The maximum absolute atomic E-state index is 13.3. The van der Waals surface area contributed by atoms with Gasteiger partial charge in [0.1, 0.15) is 0 Å². The first kappa shape index (κ1) is 15.5. The van der Waals surface area contributed by atoms with Crippen LogP contribution in [0.15, 0.2) is 29.5 Å². The van der Waals surface area contributed by atoms with Crippen LogP contribution in [0, 0.1) is 5.41 Å². The summed E-state index contributed by atoms with van der Waals surface area (Å²) in [6.07, 6.45) is 0.960. The molecule has 132 valence electrons. The molecule has 9 heteroatoms. The first-order valence-electron chi connectivity index (χ1n) is 8.28. The molecule has 1 unspecified atom stereocenters. The quantitative estimate of drug-likeness (QED) is 0.736. The number of nitrogens with zero attached hydrogens (tertiary/aromatic N) is 4. The van der Waals surface area contributed by atoms with Crippen LogP contribution in [0.2, 0.25) is 5.02 Å². The van der Waals surface area contributed by atoms with Crippen LogP contribution in [0.5, 0.6) is 0 Å². The zero-order chi connectivity index (χ0) is 18.3. The van der Waals surface area contributed by atoms with Crippen molar-refractivity contribution in [2.24, 2.45) is 5.41 Å². The summed E-state index contributed by atoms with van der Waals surface area (Å²) < 4.78 is 1.39. The summed E-state index contributed by atoms with van der Waals surface area (Å²) in [4.78, 5) is 26.5. The molecule has 8 nitrogen and oxygen atoms in total. The van der Waals surface area contributed by atoms with E-state index in [2.05, 4.69) is 26.2 Å². The molecule has 5 rings (SSSR count). The fourth-order valence-electron chi connectivity index (χ4n) is 4.32. The number of Topliss-reactive ketones (excluding diaryl/α,β-unsaturated/α-hetero) is 1. The Balaban J connectivity index is 1.89. The Morgan fingerprint density at radius 2 is 2.00 bits per heavy atom. The lowest BCUT2D eigenvalue weighted by atomic mass is 9.68. The van der Waals surface area contributed by atoms with Crippen LogP contribution in [0.4, 0.5) is 11.6 Å². The van der Waals surface area contributed by atoms with Crippen LogP contribution < -0.4 is 10.6 Å². The maximum Gasteiger partial charge on any atom is 0.262 e. The average Bonchev–Trinajstić information content (AvgIpc) is 3.11. The highest BCUT2D eigenvalue weighted by molar-refractivity contribution is 6.35. The van der Waals surface area contributed by atoms with E-state index in [0.717, 1.165) is 0 Å². The van der Waals surface area contributed by atoms with Crippen molar-refractivity contribution in [2.75, 3.05) is 10.6 Å². The second-order valence-corrected chi connectivity index (χ2v) is 8.07. The van der Waals surface area contributed by atoms with Gasteiger partial charge in [0.25, 0.3) is 5.91 Å². The molecule has 3 aliphatic rings. The van der Waals surface area contributed by atoms with Crippen molar-refractivity contribution >= 4 is 34.9 Å². The predicted molar refractivity (Wildman–Crippen MR) is 93.6 cm³/mol. The molecular weight excluding hydrogens is 356 g/mol.